The van der Waals surface area contributed by atoms with Gasteiger partial charge in [0.1, 0.15) is 0 Å². The van der Waals surface area contributed by atoms with Crippen LogP contribution in [0.25, 0.3) is 0 Å². The van der Waals surface area contributed by atoms with Gasteiger partial charge in [-0.15, -0.1) is 0 Å². The van der Waals surface area contributed by atoms with E-state index in [0.717, 1.165) is 19.5 Å². The quantitative estimate of drug-likeness (QED) is 0.907. The molecule has 1 aromatic carbocycles. The summed E-state index contributed by atoms with van der Waals surface area (Å²) in [6.45, 7) is 8.12. The molecule has 1 aromatic rings. The van der Waals surface area contributed by atoms with E-state index >= 15 is 0 Å². The van der Waals surface area contributed by atoms with Crippen molar-refractivity contribution in [3.63, 3.8) is 0 Å². The summed E-state index contributed by atoms with van der Waals surface area (Å²) in [6.07, 6.45) is 6.68. The maximum atomic E-state index is 3.85. The molecule has 0 amide bonds. The van der Waals surface area contributed by atoms with Crippen LogP contribution >= 0.6 is 0 Å². The SMILES string of the molecule is CCc1ccccc1CN1CC2(CCCC2)NCC1C. The molecule has 1 atom stereocenters. The Kier molecular flexibility index (Phi) is 4.13. The molecule has 1 saturated heterocycles. The van der Waals surface area contributed by atoms with Crippen molar-refractivity contribution < 1.29 is 0 Å². The highest BCUT2D eigenvalue weighted by Crippen LogP contribution is 2.33. The Bertz CT molecular complexity index is 448. The fourth-order valence-electron chi connectivity index (χ4n) is 3.97. The van der Waals surface area contributed by atoms with E-state index in [0.29, 0.717) is 11.6 Å². The van der Waals surface area contributed by atoms with E-state index in [1.165, 1.54) is 43.4 Å². The van der Waals surface area contributed by atoms with E-state index in [2.05, 4.69) is 48.3 Å². The Morgan fingerprint density at radius 1 is 1.20 bits per heavy atom. The zero-order valence-electron chi connectivity index (χ0n) is 13.0. The molecule has 1 N–H and O–H groups in total. The molecule has 1 unspecified atom stereocenters. The Hall–Kier alpha value is -0.860. The maximum absolute atomic E-state index is 3.85. The number of hydrogen-bond donors (Lipinski definition) is 1. The molecule has 20 heavy (non-hydrogen) atoms. The van der Waals surface area contributed by atoms with Crippen molar-refractivity contribution >= 4 is 0 Å². The monoisotopic (exact) mass is 272 g/mol. The van der Waals surface area contributed by atoms with Crippen molar-refractivity contribution in [2.24, 2.45) is 0 Å². The molecule has 1 aliphatic heterocycles. The van der Waals surface area contributed by atoms with Crippen molar-refractivity contribution in [1.82, 2.24) is 10.2 Å². The molecule has 2 fully saturated rings. The summed E-state index contributed by atoms with van der Waals surface area (Å²) in [5.74, 6) is 0. The lowest BCUT2D eigenvalue weighted by Gasteiger charge is -2.45. The van der Waals surface area contributed by atoms with Crippen LogP contribution in [0, 0.1) is 0 Å². The van der Waals surface area contributed by atoms with Crippen LogP contribution < -0.4 is 5.32 Å². The summed E-state index contributed by atoms with van der Waals surface area (Å²) in [4.78, 5) is 2.70. The molecule has 0 aromatic heterocycles. The molecule has 2 heteroatoms. The lowest BCUT2D eigenvalue weighted by molar-refractivity contribution is 0.0824. The number of aryl methyl sites for hydroxylation is 1. The van der Waals surface area contributed by atoms with Gasteiger partial charge in [-0.25, -0.2) is 0 Å². The average Bonchev–Trinajstić information content (AvgIpc) is 2.92. The number of nitrogens with zero attached hydrogens (tertiary/aromatic N) is 1. The van der Waals surface area contributed by atoms with Crippen molar-refractivity contribution in [3.8, 4) is 0 Å². The summed E-state index contributed by atoms with van der Waals surface area (Å²) >= 11 is 0. The highest BCUT2D eigenvalue weighted by molar-refractivity contribution is 5.27. The fourth-order valence-corrected chi connectivity index (χ4v) is 3.97. The van der Waals surface area contributed by atoms with Crippen LogP contribution in [0.4, 0.5) is 0 Å². The summed E-state index contributed by atoms with van der Waals surface area (Å²) in [6, 6.07) is 9.60. The minimum absolute atomic E-state index is 0.424. The highest BCUT2D eigenvalue weighted by atomic mass is 15.2. The van der Waals surface area contributed by atoms with Crippen LogP contribution in [0.2, 0.25) is 0 Å². The first-order valence-electron chi connectivity index (χ1n) is 8.28. The molecule has 0 radical (unpaired) electrons. The van der Waals surface area contributed by atoms with Crippen LogP contribution in [0.1, 0.15) is 50.7 Å². The van der Waals surface area contributed by atoms with Gasteiger partial charge in [-0.3, -0.25) is 4.90 Å². The summed E-state index contributed by atoms with van der Waals surface area (Å²) in [5.41, 5.74) is 3.46. The third-order valence-electron chi connectivity index (χ3n) is 5.33. The van der Waals surface area contributed by atoms with Crippen LogP contribution in [0.15, 0.2) is 24.3 Å². The number of hydrogen-bond acceptors (Lipinski definition) is 2. The molecular weight excluding hydrogens is 244 g/mol. The highest BCUT2D eigenvalue weighted by Gasteiger charge is 2.39. The van der Waals surface area contributed by atoms with Gasteiger partial charge in [0.25, 0.3) is 0 Å². The zero-order chi connectivity index (χ0) is 14.0. The minimum atomic E-state index is 0.424. The van der Waals surface area contributed by atoms with E-state index < -0.39 is 0 Å². The Morgan fingerprint density at radius 2 is 1.90 bits per heavy atom. The third kappa shape index (κ3) is 2.77. The first kappa shape index (κ1) is 14.1. The molecule has 1 heterocycles. The Labute approximate surface area is 123 Å². The smallest absolute Gasteiger partial charge is 0.0309 e. The van der Waals surface area contributed by atoms with Crippen LogP contribution in [0.3, 0.4) is 0 Å². The fraction of sp³-hybridized carbons (Fsp3) is 0.667. The van der Waals surface area contributed by atoms with Crippen molar-refractivity contribution in [1.29, 1.82) is 0 Å². The molecule has 3 rings (SSSR count). The van der Waals surface area contributed by atoms with Gasteiger partial charge in [-0.2, -0.15) is 0 Å². The lowest BCUT2D eigenvalue weighted by atomic mass is 9.92. The molecule has 110 valence electrons. The van der Waals surface area contributed by atoms with E-state index in [1.807, 2.05) is 0 Å². The van der Waals surface area contributed by atoms with Gasteiger partial charge < -0.3 is 5.32 Å². The van der Waals surface area contributed by atoms with Gasteiger partial charge in [0.05, 0.1) is 0 Å². The number of benzene rings is 1. The third-order valence-corrected chi connectivity index (χ3v) is 5.33. The average molecular weight is 272 g/mol. The maximum Gasteiger partial charge on any atom is 0.0309 e. The molecule has 0 bridgehead atoms. The van der Waals surface area contributed by atoms with Gasteiger partial charge in [-0.05, 0) is 37.3 Å². The van der Waals surface area contributed by atoms with E-state index in [-0.39, 0.29) is 0 Å². The summed E-state index contributed by atoms with van der Waals surface area (Å²) in [5, 5.41) is 3.85. The standard InChI is InChI=1S/C18H28N2/c1-3-16-8-4-5-9-17(16)13-20-14-18(10-6-7-11-18)19-12-15(20)2/h4-5,8-9,15,19H,3,6-7,10-14H2,1-2H3. The summed E-state index contributed by atoms with van der Waals surface area (Å²) < 4.78 is 0. The second-order valence-corrected chi connectivity index (χ2v) is 6.74. The Morgan fingerprint density at radius 3 is 2.60 bits per heavy atom. The second-order valence-electron chi connectivity index (χ2n) is 6.74. The normalized spacial score (nSPS) is 26.2. The molecule has 1 spiro atoms. The largest absolute Gasteiger partial charge is 0.308 e. The van der Waals surface area contributed by atoms with Gasteiger partial charge >= 0.3 is 0 Å². The van der Waals surface area contributed by atoms with Crippen molar-refractivity contribution in [3.05, 3.63) is 35.4 Å². The van der Waals surface area contributed by atoms with Crippen LogP contribution in [-0.2, 0) is 13.0 Å². The van der Waals surface area contributed by atoms with Gasteiger partial charge in [0, 0.05) is 31.2 Å². The molecular formula is C18H28N2. The Balaban J connectivity index is 1.74. The number of piperazine rings is 1. The minimum Gasteiger partial charge on any atom is -0.308 e. The van der Waals surface area contributed by atoms with E-state index in [1.54, 1.807) is 0 Å². The van der Waals surface area contributed by atoms with Gasteiger partial charge in [-0.1, -0.05) is 44.0 Å². The topological polar surface area (TPSA) is 15.3 Å². The second kappa shape index (κ2) is 5.87. The van der Waals surface area contributed by atoms with Crippen LogP contribution in [0.5, 0.6) is 0 Å². The predicted octanol–water partition coefficient (Wildman–Crippen LogP) is 3.36. The van der Waals surface area contributed by atoms with Crippen LogP contribution in [-0.4, -0.2) is 29.6 Å². The molecule has 1 saturated carbocycles. The van der Waals surface area contributed by atoms with Crippen molar-refractivity contribution in [2.75, 3.05) is 13.1 Å². The van der Waals surface area contributed by atoms with Crippen molar-refractivity contribution in [2.45, 2.75) is 64.1 Å². The number of rotatable bonds is 3. The lowest BCUT2D eigenvalue weighted by Crippen LogP contribution is -2.62. The molecule has 2 aliphatic rings. The molecule has 1 aliphatic carbocycles. The van der Waals surface area contributed by atoms with Gasteiger partial charge in [0.2, 0.25) is 0 Å². The zero-order valence-corrected chi connectivity index (χ0v) is 13.0. The van der Waals surface area contributed by atoms with E-state index in [9.17, 15) is 0 Å². The van der Waals surface area contributed by atoms with Gasteiger partial charge in [0.15, 0.2) is 0 Å². The number of nitrogens with one attached hydrogen (secondary N) is 1. The predicted molar refractivity (Wildman–Crippen MR) is 84.9 cm³/mol. The first-order valence-corrected chi connectivity index (χ1v) is 8.28. The van der Waals surface area contributed by atoms with E-state index in [4.69, 9.17) is 0 Å². The first-order chi connectivity index (χ1) is 9.72. The molecule has 2 nitrogen and oxygen atoms in total. The summed E-state index contributed by atoms with van der Waals surface area (Å²) in [7, 11) is 0.